The van der Waals surface area contributed by atoms with Crippen molar-refractivity contribution in [3.8, 4) is 0 Å². The van der Waals surface area contributed by atoms with Crippen LogP contribution in [-0.4, -0.2) is 22.4 Å². The maximum absolute atomic E-state index is 12.5. The van der Waals surface area contributed by atoms with Crippen LogP contribution >= 0.6 is 0 Å². The number of rotatable bonds is 4. The highest BCUT2D eigenvalue weighted by Gasteiger charge is 2.23. The minimum Gasteiger partial charge on any atom is -0.348 e. The number of anilines is 2. The number of carbonyl (C=O) groups excluding carboxylic acids is 1. The first-order valence-electron chi connectivity index (χ1n) is 10.1. The zero-order valence-electron chi connectivity index (χ0n) is 16.8. The molecule has 0 radical (unpaired) electrons. The summed E-state index contributed by atoms with van der Waals surface area (Å²) in [6.07, 6.45) is 4.45. The highest BCUT2D eigenvalue weighted by molar-refractivity contribution is 5.94. The molecule has 5 heteroatoms. The van der Waals surface area contributed by atoms with Crippen LogP contribution in [0.4, 0.5) is 11.5 Å². The smallest absolute Gasteiger partial charge is 0.251 e. The summed E-state index contributed by atoms with van der Waals surface area (Å²) in [6.45, 7) is 3.44. The van der Waals surface area contributed by atoms with Gasteiger partial charge in [-0.05, 0) is 72.5 Å². The number of amides is 1. The predicted octanol–water partition coefficient (Wildman–Crippen LogP) is 4.56. The minimum absolute atomic E-state index is 0.0909. The fourth-order valence-corrected chi connectivity index (χ4v) is 3.90. The summed E-state index contributed by atoms with van der Waals surface area (Å²) in [4.78, 5) is 23.7. The number of nitrogens with one attached hydrogen (secondary N) is 1. The third-order valence-corrected chi connectivity index (χ3v) is 5.51. The lowest BCUT2D eigenvalue weighted by Gasteiger charge is -2.19. The molecule has 0 fully saturated rings. The van der Waals surface area contributed by atoms with Gasteiger partial charge in [0.05, 0.1) is 5.52 Å². The molecule has 0 unspecified atom stereocenters. The first-order valence-corrected chi connectivity index (χ1v) is 10.1. The van der Waals surface area contributed by atoms with E-state index in [0.717, 1.165) is 35.6 Å². The second-order valence-electron chi connectivity index (χ2n) is 7.66. The van der Waals surface area contributed by atoms with Gasteiger partial charge in [0.15, 0.2) is 0 Å². The SMILES string of the molecule is Cc1ccc2cc3c(nc2c1)N(c1ccc(C(=O)NCc2cccnc2)cc1)CC3. The molecule has 4 aromatic rings. The van der Waals surface area contributed by atoms with E-state index in [9.17, 15) is 4.79 Å². The van der Waals surface area contributed by atoms with E-state index in [1.54, 1.807) is 12.4 Å². The van der Waals surface area contributed by atoms with E-state index >= 15 is 0 Å². The lowest BCUT2D eigenvalue weighted by molar-refractivity contribution is 0.0951. The second-order valence-corrected chi connectivity index (χ2v) is 7.66. The summed E-state index contributed by atoms with van der Waals surface area (Å²) in [5.41, 5.74) is 6.17. The fraction of sp³-hybridized carbons (Fsp3) is 0.160. The second kappa shape index (κ2) is 7.59. The van der Waals surface area contributed by atoms with E-state index in [4.69, 9.17) is 4.98 Å². The summed E-state index contributed by atoms with van der Waals surface area (Å²) in [6, 6.07) is 20.2. The van der Waals surface area contributed by atoms with E-state index in [1.807, 2.05) is 36.4 Å². The van der Waals surface area contributed by atoms with Crippen LogP contribution in [0.1, 0.15) is 27.0 Å². The van der Waals surface area contributed by atoms with Crippen LogP contribution in [0.25, 0.3) is 10.9 Å². The molecular weight excluding hydrogens is 372 g/mol. The maximum atomic E-state index is 12.5. The molecule has 1 N–H and O–H groups in total. The van der Waals surface area contributed by atoms with E-state index in [-0.39, 0.29) is 5.91 Å². The number of pyridine rings is 2. The van der Waals surface area contributed by atoms with Gasteiger partial charge in [-0.25, -0.2) is 4.98 Å². The van der Waals surface area contributed by atoms with Crippen LogP contribution in [0, 0.1) is 6.92 Å². The molecule has 0 spiro atoms. The standard InChI is InChI=1S/C25H22N4O/c1-17-4-5-20-14-21-10-12-29(24(21)28-23(20)13-17)22-8-6-19(7-9-22)25(30)27-16-18-3-2-11-26-15-18/h2-9,11,13-15H,10,12,16H2,1H3,(H,27,30). The average molecular weight is 394 g/mol. The van der Waals surface area contributed by atoms with Gasteiger partial charge >= 0.3 is 0 Å². The molecule has 5 nitrogen and oxygen atoms in total. The topological polar surface area (TPSA) is 58.1 Å². The molecule has 3 heterocycles. The zero-order valence-corrected chi connectivity index (χ0v) is 16.8. The van der Waals surface area contributed by atoms with Crippen molar-refractivity contribution in [2.75, 3.05) is 11.4 Å². The summed E-state index contributed by atoms with van der Waals surface area (Å²) in [5, 5.41) is 4.12. The van der Waals surface area contributed by atoms with Gasteiger partial charge in [0, 0.05) is 42.1 Å². The molecule has 0 bridgehead atoms. The van der Waals surface area contributed by atoms with Gasteiger partial charge in [0.25, 0.3) is 5.91 Å². The first-order chi connectivity index (χ1) is 14.7. The van der Waals surface area contributed by atoms with Gasteiger partial charge in [-0.1, -0.05) is 18.2 Å². The van der Waals surface area contributed by atoms with Crippen molar-refractivity contribution >= 4 is 28.3 Å². The van der Waals surface area contributed by atoms with Crippen molar-refractivity contribution in [3.63, 3.8) is 0 Å². The maximum Gasteiger partial charge on any atom is 0.251 e. The summed E-state index contributed by atoms with van der Waals surface area (Å²) < 4.78 is 0. The third kappa shape index (κ3) is 3.50. The lowest BCUT2D eigenvalue weighted by atomic mass is 10.1. The Balaban J connectivity index is 1.35. The molecule has 0 saturated carbocycles. The monoisotopic (exact) mass is 394 g/mol. The van der Waals surface area contributed by atoms with Crippen LogP contribution in [0.3, 0.4) is 0 Å². The number of hydrogen-bond donors (Lipinski definition) is 1. The Labute approximate surface area is 175 Å². The molecule has 0 aliphatic carbocycles. The van der Waals surface area contributed by atoms with Crippen molar-refractivity contribution in [2.24, 2.45) is 0 Å². The minimum atomic E-state index is -0.0909. The van der Waals surface area contributed by atoms with Gasteiger partial charge in [-0.2, -0.15) is 0 Å². The Bertz CT molecular complexity index is 1220. The quantitative estimate of drug-likeness (QED) is 0.551. The molecule has 148 valence electrons. The Morgan fingerprint density at radius 1 is 1.10 bits per heavy atom. The normalized spacial score (nSPS) is 12.8. The lowest BCUT2D eigenvalue weighted by Crippen LogP contribution is -2.23. The van der Waals surface area contributed by atoms with Crippen molar-refractivity contribution in [1.29, 1.82) is 0 Å². The van der Waals surface area contributed by atoms with Gasteiger partial charge < -0.3 is 10.2 Å². The van der Waals surface area contributed by atoms with E-state index < -0.39 is 0 Å². The number of fused-ring (bicyclic) bond motifs is 2. The van der Waals surface area contributed by atoms with E-state index in [1.165, 1.54) is 16.5 Å². The zero-order chi connectivity index (χ0) is 20.5. The summed E-state index contributed by atoms with van der Waals surface area (Å²) >= 11 is 0. The Morgan fingerprint density at radius 3 is 2.77 bits per heavy atom. The molecule has 5 rings (SSSR count). The number of carbonyl (C=O) groups is 1. The molecule has 30 heavy (non-hydrogen) atoms. The molecule has 0 saturated heterocycles. The molecular formula is C25H22N4O. The van der Waals surface area contributed by atoms with E-state index in [2.05, 4.69) is 46.4 Å². The van der Waals surface area contributed by atoms with E-state index in [0.29, 0.717) is 12.1 Å². The molecule has 1 aliphatic rings. The third-order valence-electron chi connectivity index (χ3n) is 5.51. The number of hydrogen-bond acceptors (Lipinski definition) is 4. The largest absolute Gasteiger partial charge is 0.348 e. The van der Waals surface area contributed by atoms with Gasteiger partial charge in [0.2, 0.25) is 0 Å². The first kappa shape index (κ1) is 18.3. The molecule has 1 aliphatic heterocycles. The highest BCUT2D eigenvalue weighted by Crippen LogP contribution is 2.35. The van der Waals surface area contributed by atoms with Crippen molar-refractivity contribution in [3.05, 3.63) is 95.3 Å². The molecule has 0 atom stereocenters. The van der Waals surface area contributed by atoms with Crippen LogP contribution in [-0.2, 0) is 13.0 Å². The number of aryl methyl sites for hydroxylation is 1. The van der Waals surface area contributed by atoms with Crippen LogP contribution < -0.4 is 10.2 Å². The van der Waals surface area contributed by atoms with Crippen molar-refractivity contribution in [1.82, 2.24) is 15.3 Å². The van der Waals surface area contributed by atoms with Gasteiger partial charge in [-0.3, -0.25) is 9.78 Å². The number of benzene rings is 2. The Morgan fingerprint density at radius 2 is 1.97 bits per heavy atom. The summed E-state index contributed by atoms with van der Waals surface area (Å²) in [7, 11) is 0. The Kier molecular flexibility index (Phi) is 4.64. The molecule has 1 amide bonds. The number of nitrogens with zero attached hydrogens (tertiary/aromatic N) is 3. The van der Waals surface area contributed by atoms with Gasteiger partial charge in [-0.15, -0.1) is 0 Å². The summed E-state index contributed by atoms with van der Waals surface area (Å²) in [5.74, 6) is 0.925. The van der Waals surface area contributed by atoms with Crippen LogP contribution in [0.15, 0.2) is 73.1 Å². The van der Waals surface area contributed by atoms with Gasteiger partial charge in [0.1, 0.15) is 5.82 Å². The van der Waals surface area contributed by atoms with Crippen LogP contribution in [0.5, 0.6) is 0 Å². The molecule has 2 aromatic carbocycles. The average Bonchev–Trinajstić information content (AvgIpc) is 3.19. The van der Waals surface area contributed by atoms with Crippen LogP contribution in [0.2, 0.25) is 0 Å². The van der Waals surface area contributed by atoms with Crippen molar-refractivity contribution in [2.45, 2.75) is 19.9 Å². The Hall–Kier alpha value is -3.73. The number of aromatic nitrogens is 2. The molecule has 2 aromatic heterocycles. The predicted molar refractivity (Wildman–Crippen MR) is 119 cm³/mol. The van der Waals surface area contributed by atoms with Crippen molar-refractivity contribution < 1.29 is 4.79 Å². The highest BCUT2D eigenvalue weighted by atomic mass is 16.1. The fourth-order valence-electron chi connectivity index (χ4n) is 3.90.